The molecule has 69 heavy (non-hydrogen) atoms. The molecule has 3 atom stereocenters. The largest absolute Gasteiger partial charge is 0.368 e. The van der Waals surface area contributed by atoms with Gasteiger partial charge >= 0.3 is 0 Å². The van der Waals surface area contributed by atoms with Crippen molar-refractivity contribution in [3.8, 4) is 0 Å². The third-order valence-electron chi connectivity index (χ3n) is 15.3. The number of amides is 4. The van der Waals surface area contributed by atoms with Crippen LogP contribution in [0.15, 0.2) is 85.8 Å². The minimum Gasteiger partial charge on any atom is -0.368 e. The molecule has 0 bridgehead atoms. The normalized spacial score (nSPS) is 22.9. The highest BCUT2D eigenvalue weighted by Crippen LogP contribution is 2.37. The fourth-order valence-corrected chi connectivity index (χ4v) is 11.5. The molecule has 2 aliphatic carbocycles. The Labute approximate surface area is 406 Å². The molecule has 1 aromatic carbocycles. The highest BCUT2D eigenvalue weighted by atomic mass is 16.2. The number of likely N-dealkylation sites (tertiary alicyclic amines) is 1. The summed E-state index contributed by atoms with van der Waals surface area (Å²) < 4.78 is 2.14. The van der Waals surface area contributed by atoms with Gasteiger partial charge < -0.3 is 24.6 Å². The third-order valence-corrected chi connectivity index (χ3v) is 15.3. The second-order valence-corrected chi connectivity index (χ2v) is 20.2. The molecule has 4 aliphatic heterocycles. The first-order chi connectivity index (χ1) is 33.5. The van der Waals surface area contributed by atoms with Crippen molar-refractivity contribution in [1.82, 2.24) is 44.4 Å². The number of benzene rings is 1. The lowest BCUT2D eigenvalue weighted by Crippen LogP contribution is -2.52. The summed E-state index contributed by atoms with van der Waals surface area (Å²) in [5.74, 6) is 1.82. The molecule has 15 heteroatoms. The fraction of sp³-hybridized carbons (Fsp3) is 0.500. The molecular weight excluding hydrogens is 867 g/mol. The highest BCUT2D eigenvalue weighted by molar-refractivity contribution is 6.05. The predicted molar refractivity (Wildman–Crippen MR) is 271 cm³/mol. The van der Waals surface area contributed by atoms with Crippen molar-refractivity contribution in [3.63, 3.8) is 0 Å². The van der Waals surface area contributed by atoms with Crippen LogP contribution < -0.4 is 15.5 Å². The van der Waals surface area contributed by atoms with E-state index in [4.69, 9.17) is 4.98 Å². The van der Waals surface area contributed by atoms with Crippen LogP contribution in [-0.2, 0) is 16.1 Å². The first kappa shape index (κ1) is 47.9. The van der Waals surface area contributed by atoms with Gasteiger partial charge in [0.05, 0.1) is 11.9 Å². The van der Waals surface area contributed by atoms with Crippen LogP contribution in [0.4, 0.5) is 17.5 Å². The van der Waals surface area contributed by atoms with Gasteiger partial charge in [0.1, 0.15) is 23.2 Å². The molecule has 7 heterocycles. The summed E-state index contributed by atoms with van der Waals surface area (Å²) in [6, 6.07) is 12.7. The van der Waals surface area contributed by atoms with Gasteiger partial charge in [0.25, 0.3) is 11.8 Å². The molecule has 3 unspecified atom stereocenters. The third kappa shape index (κ3) is 10.7. The molecule has 2 saturated carbocycles. The number of nitrogens with one attached hydrogen (secondary N) is 2. The standard InChI is InChI=1S/C29H40N8O.C25H29N3O3/c1-20-8-9-23(16-20)35-12-14-36(15-13-35)24-10-11-26(30-19-24)32-29-31-18-21-17-25(28(38)34(2)3)37(27(21)33-29)22-6-4-5-7-22;1-3-5-17(4-2)15-27-12-10-18(11-13-27)19-6-7-21-20(14-19)16-28(25(21)31)22-8-9-23(29)26-24(22)30/h10-11,17-20,22-23H,4-9,12-16H2,1-3H3,(H,30,31,32,33);3-7,14,18,22H,1-2,8-13,15-16H2,(H,26,29,30)/b;17-5+. The van der Waals surface area contributed by atoms with Crippen LogP contribution in [0.5, 0.6) is 0 Å². The summed E-state index contributed by atoms with van der Waals surface area (Å²) in [5.41, 5.74) is 6.76. The van der Waals surface area contributed by atoms with Crippen molar-refractivity contribution < 1.29 is 19.2 Å². The molecule has 0 spiro atoms. The van der Waals surface area contributed by atoms with E-state index in [1.54, 1.807) is 30.0 Å². The Hall–Kier alpha value is -6.19. The number of allylic oxidation sites excluding steroid dienone is 2. The number of hydrogen-bond donors (Lipinski definition) is 2. The number of anilines is 3. The smallest absolute Gasteiger partial charge is 0.270 e. The zero-order valence-corrected chi connectivity index (χ0v) is 40.7. The molecule has 3 saturated heterocycles. The Balaban J connectivity index is 0.000000176. The van der Waals surface area contributed by atoms with Gasteiger partial charge in [-0.1, -0.05) is 63.3 Å². The minimum atomic E-state index is -0.563. The summed E-state index contributed by atoms with van der Waals surface area (Å²) in [5, 5.41) is 6.53. The van der Waals surface area contributed by atoms with Crippen molar-refractivity contribution in [2.24, 2.45) is 5.92 Å². The molecule has 10 rings (SSSR count). The Bertz CT molecular complexity index is 2580. The van der Waals surface area contributed by atoms with Gasteiger partial charge in [-0.15, -0.1) is 0 Å². The first-order valence-corrected chi connectivity index (χ1v) is 25.2. The SMILES string of the molecule is C=C/C=C(\C=C)CN1CCC(c2ccc3c(c2)CN(C2CCC(=O)NC2=O)C3=O)CC1.CC1CCC(N2CCN(c3ccc(Nc4ncc5cc(C(=O)N(C)C)n(C6CCCC6)c5n4)nc3)CC2)C1. The fourth-order valence-electron chi connectivity index (χ4n) is 11.5. The summed E-state index contributed by atoms with van der Waals surface area (Å²) >= 11 is 0. The van der Waals surface area contributed by atoms with E-state index in [0.29, 0.717) is 42.1 Å². The van der Waals surface area contributed by atoms with E-state index in [-0.39, 0.29) is 30.0 Å². The summed E-state index contributed by atoms with van der Waals surface area (Å²) in [4.78, 5) is 74.4. The molecule has 5 fully saturated rings. The zero-order chi connectivity index (χ0) is 48.2. The topological polar surface area (TPSA) is 152 Å². The van der Waals surface area contributed by atoms with Crippen molar-refractivity contribution >= 4 is 52.1 Å². The Morgan fingerprint density at radius 3 is 2.33 bits per heavy atom. The van der Waals surface area contributed by atoms with E-state index in [9.17, 15) is 19.2 Å². The van der Waals surface area contributed by atoms with Gasteiger partial charge in [0, 0.05) is 89.0 Å². The number of piperazine rings is 1. The number of carbonyl (C=O) groups excluding carboxylic acids is 4. The Kier molecular flexibility index (Phi) is 14.7. The van der Waals surface area contributed by atoms with Crippen LogP contribution >= 0.6 is 0 Å². The second kappa shape index (κ2) is 21.2. The number of piperidine rings is 2. The van der Waals surface area contributed by atoms with Crippen molar-refractivity contribution in [1.29, 1.82) is 0 Å². The molecule has 15 nitrogen and oxygen atoms in total. The summed E-state index contributed by atoms with van der Waals surface area (Å²) in [6.45, 7) is 17.7. The van der Waals surface area contributed by atoms with Crippen LogP contribution in [0, 0.1) is 5.92 Å². The Morgan fingerprint density at radius 1 is 0.884 bits per heavy atom. The lowest BCUT2D eigenvalue weighted by atomic mass is 9.87. The molecular formula is C54H69N11O4. The molecule has 2 N–H and O–H groups in total. The number of aromatic nitrogens is 4. The van der Waals surface area contributed by atoms with E-state index < -0.39 is 6.04 Å². The maximum atomic E-state index is 13.0. The molecule has 0 radical (unpaired) electrons. The average Bonchev–Trinajstić information content (AvgIpc) is 4.19. The number of pyridine rings is 1. The van der Waals surface area contributed by atoms with Crippen molar-refractivity contribution in [2.45, 2.75) is 108 Å². The molecule has 4 aromatic rings. The van der Waals surface area contributed by atoms with E-state index >= 15 is 0 Å². The predicted octanol–water partition coefficient (Wildman–Crippen LogP) is 7.62. The van der Waals surface area contributed by atoms with Gasteiger partial charge in [-0.25, -0.2) is 9.97 Å². The first-order valence-electron chi connectivity index (χ1n) is 25.2. The maximum Gasteiger partial charge on any atom is 0.270 e. The lowest BCUT2D eigenvalue weighted by Gasteiger charge is -2.39. The van der Waals surface area contributed by atoms with E-state index in [1.807, 2.05) is 42.7 Å². The molecule has 6 aliphatic rings. The minimum absolute atomic E-state index is 0.000277. The second-order valence-electron chi connectivity index (χ2n) is 20.2. The number of rotatable bonds is 12. The van der Waals surface area contributed by atoms with Gasteiger partial charge in [-0.3, -0.25) is 34.3 Å². The van der Waals surface area contributed by atoms with E-state index in [2.05, 4.69) is 78.1 Å². The van der Waals surface area contributed by atoms with Crippen LogP contribution in [-0.4, -0.2) is 135 Å². The van der Waals surface area contributed by atoms with Crippen molar-refractivity contribution in [3.05, 3.63) is 108 Å². The van der Waals surface area contributed by atoms with Gasteiger partial charge in [0.15, 0.2) is 0 Å². The average molecular weight is 936 g/mol. The number of carbonyl (C=O) groups is 4. The zero-order valence-electron chi connectivity index (χ0n) is 40.7. The van der Waals surface area contributed by atoms with E-state index in [0.717, 1.165) is 112 Å². The van der Waals surface area contributed by atoms with Crippen LogP contribution in [0.25, 0.3) is 11.0 Å². The highest BCUT2D eigenvalue weighted by Gasteiger charge is 2.39. The number of hydrogen-bond acceptors (Lipinski definition) is 11. The Morgan fingerprint density at radius 2 is 1.67 bits per heavy atom. The number of nitrogens with zero attached hydrogens (tertiary/aromatic N) is 9. The quantitative estimate of drug-likeness (QED) is 0.107. The molecule has 3 aromatic heterocycles. The molecule has 4 amide bonds. The number of imide groups is 1. The number of fused-ring (bicyclic) bond motifs is 2. The van der Waals surface area contributed by atoms with Crippen LogP contribution in [0.1, 0.15) is 121 Å². The van der Waals surface area contributed by atoms with E-state index in [1.165, 1.54) is 43.2 Å². The maximum absolute atomic E-state index is 13.0. The lowest BCUT2D eigenvalue weighted by molar-refractivity contribution is -0.136. The van der Waals surface area contributed by atoms with Gasteiger partial charge in [0.2, 0.25) is 17.8 Å². The van der Waals surface area contributed by atoms with Crippen LogP contribution in [0.3, 0.4) is 0 Å². The van der Waals surface area contributed by atoms with Crippen molar-refractivity contribution in [2.75, 3.05) is 70.1 Å². The summed E-state index contributed by atoms with van der Waals surface area (Å²) in [6.07, 6.45) is 20.8. The summed E-state index contributed by atoms with van der Waals surface area (Å²) in [7, 11) is 3.59. The molecule has 364 valence electrons. The van der Waals surface area contributed by atoms with Gasteiger partial charge in [-0.05, 0) is 117 Å². The van der Waals surface area contributed by atoms with Gasteiger partial charge in [-0.2, -0.15) is 4.98 Å². The monoisotopic (exact) mass is 936 g/mol. The van der Waals surface area contributed by atoms with Crippen LogP contribution in [0.2, 0.25) is 0 Å².